The van der Waals surface area contributed by atoms with E-state index in [1.807, 2.05) is 0 Å². The molecule has 1 aromatic carbocycles. The predicted octanol–water partition coefficient (Wildman–Crippen LogP) is 0.275. The molecule has 0 radical (unpaired) electrons. The van der Waals surface area contributed by atoms with E-state index in [0.717, 1.165) is 11.4 Å². The third-order valence-electron chi connectivity index (χ3n) is 2.55. The van der Waals surface area contributed by atoms with Gasteiger partial charge in [-0.2, -0.15) is 0 Å². The molecular formula is C11H13N3O3. The van der Waals surface area contributed by atoms with Gasteiger partial charge in [0.2, 0.25) is 0 Å². The number of nitrogens with one attached hydrogen (secondary N) is 1. The lowest BCUT2D eigenvalue weighted by molar-refractivity contribution is -0.132. The molecule has 1 aliphatic rings. The Bertz CT molecular complexity index is 467. The van der Waals surface area contributed by atoms with Crippen LogP contribution < -0.4 is 20.9 Å². The molecule has 0 saturated carbocycles. The summed E-state index contributed by atoms with van der Waals surface area (Å²) in [5.41, 5.74) is 9.59. The van der Waals surface area contributed by atoms with Crippen LogP contribution in [0.2, 0.25) is 0 Å². The van der Waals surface area contributed by atoms with Crippen molar-refractivity contribution in [2.75, 3.05) is 18.7 Å². The van der Waals surface area contributed by atoms with Crippen LogP contribution in [-0.2, 0) is 4.79 Å². The van der Waals surface area contributed by atoms with Crippen LogP contribution in [0.1, 0.15) is 0 Å². The number of nitrogens with two attached hydrogens (primary N) is 1. The van der Waals surface area contributed by atoms with E-state index in [1.54, 1.807) is 36.4 Å². The molecule has 0 amide bonds. The van der Waals surface area contributed by atoms with Crippen molar-refractivity contribution in [2.24, 2.45) is 5.73 Å². The second-order valence-electron chi connectivity index (χ2n) is 3.54. The van der Waals surface area contributed by atoms with Crippen LogP contribution in [-0.4, -0.2) is 24.7 Å². The summed E-state index contributed by atoms with van der Waals surface area (Å²) in [5.74, 6) is -0.0670. The Morgan fingerprint density at radius 3 is 2.59 bits per heavy atom. The van der Waals surface area contributed by atoms with Gasteiger partial charge in [-0.3, -0.25) is 5.01 Å². The molecule has 1 aromatic rings. The van der Waals surface area contributed by atoms with Crippen LogP contribution in [0.3, 0.4) is 0 Å². The number of rotatable bonds is 3. The number of anilines is 1. The van der Waals surface area contributed by atoms with Crippen LogP contribution in [0, 0.1) is 0 Å². The molecule has 0 spiro atoms. The van der Waals surface area contributed by atoms with Gasteiger partial charge in [0, 0.05) is 0 Å². The van der Waals surface area contributed by atoms with Gasteiger partial charge < -0.3 is 15.6 Å². The number of ether oxygens (including phenoxy) is 1. The van der Waals surface area contributed by atoms with Crippen molar-refractivity contribution < 1.29 is 14.6 Å². The summed E-state index contributed by atoms with van der Waals surface area (Å²) in [6.45, 7) is 0.215. The number of hydrazine groups is 1. The van der Waals surface area contributed by atoms with Gasteiger partial charge in [0.25, 0.3) is 0 Å². The van der Waals surface area contributed by atoms with Gasteiger partial charge in [-0.25, -0.2) is 10.2 Å². The molecule has 0 atom stereocenters. The number of methoxy groups -OCH3 is 1. The summed E-state index contributed by atoms with van der Waals surface area (Å²) < 4.78 is 5.04. The molecular weight excluding hydrogens is 222 g/mol. The van der Waals surface area contributed by atoms with E-state index >= 15 is 0 Å². The van der Waals surface area contributed by atoms with Gasteiger partial charge in [0.1, 0.15) is 11.6 Å². The zero-order chi connectivity index (χ0) is 12.4. The molecule has 6 nitrogen and oxygen atoms in total. The molecule has 1 aliphatic heterocycles. The Labute approximate surface area is 98.2 Å². The molecule has 0 fully saturated rings. The van der Waals surface area contributed by atoms with Crippen molar-refractivity contribution in [1.82, 2.24) is 5.43 Å². The van der Waals surface area contributed by atoms with E-state index in [0.29, 0.717) is 0 Å². The lowest BCUT2D eigenvalue weighted by Gasteiger charge is -2.19. The SMILES string of the molecule is COc1ccc(N2NCC(C(=O)O)=C2N)cc1. The van der Waals surface area contributed by atoms with Crippen LogP contribution in [0.25, 0.3) is 0 Å². The third-order valence-corrected chi connectivity index (χ3v) is 2.55. The second kappa shape index (κ2) is 4.34. The molecule has 0 bridgehead atoms. The fraction of sp³-hybridized carbons (Fsp3) is 0.182. The number of carboxylic acids is 1. The average molecular weight is 235 g/mol. The number of nitrogens with zero attached hydrogens (tertiary/aromatic N) is 1. The molecule has 4 N–H and O–H groups in total. The first-order valence-corrected chi connectivity index (χ1v) is 5.03. The van der Waals surface area contributed by atoms with Crippen molar-refractivity contribution in [2.45, 2.75) is 0 Å². The maximum Gasteiger partial charge on any atom is 0.336 e. The summed E-state index contributed by atoms with van der Waals surface area (Å²) in [6, 6.07) is 7.15. The fourth-order valence-electron chi connectivity index (χ4n) is 1.62. The largest absolute Gasteiger partial charge is 0.497 e. The molecule has 0 aliphatic carbocycles. The maximum atomic E-state index is 10.9. The van der Waals surface area contributed by atoms with Gasteiger partial charge in [-0.1, -0.05) is 0 Å². The van der Waals surface area contributed by atoms with Gasteiger partial charge in [0.05, 0.1) is 24.9 Å². The van der Waals surface area contributed by atoms with E-state index < -0.39 is 5.97 Å². The summed E-state index contributed by atoms with van der Waals surface area (Å²) >= 11 is 0. The van der Waals surface area contributed by atoms with Gasteiger partial charge in [-0.05, 0) is 24.3 Å². The number of benzene rings is 1. The normalized spacial score (nSPS) is 15.2. The van der Waals surface area contributed by atoms with Crippen molar-refractivity contribution in [1.29, 1.82) is 0 Å². The minimum Gasteiger partial charge on any atom is -0.497 e. The van der Waals surface area contributed by atoms with Crippen LogP contribution >= 0.6 is 0 Å². The average Bonchev–Trinajstić information content (AvgIpc) is 2.71. The quantitative estimate of drug-likeness (QED) is 0.697. The lowest BCUT2D eigenvalue weighted by atomic mass is 10.2. The first-order valence-electron chi connectivity index (χ1n) is 5.03. The molecule has 0 aromatic heterocycles. The fourth-order valence-corrected chi connectivity index (χ4v) is 1.62. The molecule has 6 heteroatoms. The molecule has 90 valence electrons. The standard InChI is InChI=1S/C11H13N3O3/c1-17-8-4-2-7(3-5-8)14-10(12)9(6-13-14)11(15)16/h2-5,13H,6,12H2,1H3,(H,15,16). The Balaban J connectivity index is 2.27. The molecule has 17 heavy (non-hydrogen) atoms. The van der Waals surface area contributed by atoms with E-state index in [1.165, 1.54) is 0 Å². The summed E-state index contributed by atoms with van der Waals surface area (Å²) in [5, 5.41) is 10.5. The van der Waals surface area contributed by atoms with E-state index in [2.05, 4.69) is 5.43 Å². The predicted molar refractivity (Wildman–Crippen MR) is 62.3 cm³/mol. The summed E-state index contributed by atoms with van der Waals surface area (Å²) in [4.78, 5) is 10.9. The highest BCUT2D eigenvalue weighted by Crippen LogP contribution is 2.23. The van der Waals surface area contributed by atoms with Crippen molar-refractivity contribution in [3.05, 3.63) is 35.7 Å². The zero-order valence-electron chi connectivity index (χ0n) is 9.30. The van der Waals surface area contributed by atoms with Crippen LogP contribution in [0.4, 0.5) is 5.69 Å². The molecule has 0 saturated heterocycles. The zero-order valence-corrected chi connectivity index (χ0v) is 9.30. The Kier molecular flexibility index (Phi) is 2.88. The maximum absolute atomic E-state index is 10.9. The highest BCUT2D eigenvalue weighted by Gasteiger charge is 2.25. The number of hydrogen-bond acceptors (Lipinski definition) is 5. The number of carbonyl (C=O) groups is 1. The smallest absolute Gasteiger partial charge is 0.336 e. The van der Waals surface area contributed by atoms with Crippen molar-refractivity contribution in [3.8, 4) is 5.75 Å². The van der Waals surface area contributed by atoms with E-state index in [4.69, 9.17) is 15.6 Å². The Morgan fingerprint density at radius 2 is 2.12 bits per heavy atom. The topological polar surface area (TPSA) is 87.8 Å². The van der Waals surface area contributed by atoms with E-state index in [-0.39, 0.29) is 17.9 Å². The van der Waals surface area contributed by atoms with Gasteiger partial charge >= 0.3 is 5.97 Å². The minimum atomic E-state index is -1.01. The van der Waals surface area contributed by atoms with Gasteiger partial charge in [0.15, 0.2) is 0 Å². The number of aliphatic carboxylic acids is 1. The monoisotopic (exact) mass is 235 g/mol. The minimum absolute atomic E-state index is 0.167. The molecule has 1 heterocycles. The second-order valence-corrected chi connectivity index (χ2v) is 3.54. The summed E-state index contributed by atoms with van der Waals surface area (Å²) in [6.07, 6.45) is 0. The Morgan fingerprint density at radius 1 is 1.47 bits per heavy atom. The van der Waals surface area contributed by atoms with Crippen molar-refractivity contribution >= 4 is 11.7 Å². The van der Waals surface area contributed by atoms with Crippen LogP contribution in [0.15, 0.2) is 35.7 Å². The van der Waals surface area contributed by atoms with Crippen LogP contribution in [0.5, 0.6) is 5.75 Å². The number of carboxylic acid groups (broad SMARTS) is 1. The highest BCUT2D eigenvalue weighted by atomic mass is 16.5. The third kappa shape index (κ3) is 2.02. The Hall–Kier alpha value is -2.21. The van der Waals surface area contributed by atoms with Crippen molar-refractivity contribution in [3.63, 3.8) is 0 Å². The van der Waals surface area contributed by atoms with E-state index in [9.17, 15) is 4.79 Å². The number of hydrogen-bond donors (Lipinski definition) is 3. The summed E-state index contributed by atoms with van der Waals surface area (Å²) in [7, 11) is 1.58. The lowest BCUT2D eigenvalue weighted by Crippen LogP contribution is -2.34. The van der Waals surface area contributed by atoms with Gasteiger partial charge in [-0.15, -0.1) is 0 Å². The highest BCUT2D eigenvalue weighted by molar-refractivity contribution is 5.89. The first kappa shape index (κ1) is 11.3. The molecule has 2 rings (SSSR count). The molecule has 0 unspecified atom stereocenters. The first-order chi connectivity index (χ1) is 8.13.